The van der Waals surface area contributed by atoms with Gasteiger partial charge in [-0.05, 0) is 62.7 Å². The molecule has 6 nitrogen and oxygen atoms in total. The summed E-state index contributed by atoms with van der Waals surface area (Å²) in [5, 5.41) is 3.16. The van der Waals surface area contributed by atoms with E-state index >= 15 is 0 Å². The molecule has 0 saturated carbocycles. The molecule has 0 unspecified atom stereocenters. The Hall–Kier alpha value is -2.25. The van der Waals surface area contributed by atoms with Gasteiger partial charge < -0.3 is 10.1 Å². The second-order valence-corrected chi connectivity index (χ2v) is 9.38. The maximum absolute atomic E-state index is 12.9. The van der Waals surface area contributed by atoms with Crippen molar-refractivity contribution in [3.8, 4) is 5.75 Å². The predicted molar refractivity (Wildman–Crippen MR) is 112 cm³/mol. The molecule has 0 aliphatic carbocycles. The lowest BCUT2D eigenvalue weighted by Crippen LogP contribution is -2.42. The minimum absolute atomic E-state index is 0.115. The van der Waals surface area contributed by atoms with Crippen molar-refractivity contribution in [3.05, 3.63) is 53.1 Å². The van der Waals surface area contributed by atoms with E-state index in [1.165, 1.54) is 38.4 Å². The Balaban J connectivity index is 2.37. The lowest BCUT2D eigenvalue weighted by atomic mass is 10.0. The SMILES string of the molecule is CCC(C)(C)NC(=O)c1cc(N(C)S(=O)(=O)c2ccc(OC)cc2)ccc1Cl. The molecule has 152 valence electrons. The van der Waals surface area contributed by atoms with Crippen molar-refractivity contribution in [2.75, 3.05) is 18.5 Å². The molecule has 8 heteroatoms. The molecule has 0 bridgehead atoms. The third-order valence-corrected chi connectivity index (χ3v) is 6.74. The lowest BCUT2D eigenvalue weighted by Gasteiger charge is -2.25. The number of hydrogen-bond donors (Lipinski definition) is 1. The highest BCUT2D eigenvalue weighted by atomic mass is 35.5. The fraction of sp³-hybridized carbons (Fsp3) is 0.350. The number of ether oxygens (including phenoxy) is 1. The van der Waals surface area contributed by atoms with E-state index in [0.717, 1.165) is 10.7 Å². The minimum atomic E-state index is -3.81. The molecule has 0 aliphatic rings. The summed E-state index contributed by atoms with van der Waals surface area (Å²) in [5.41, 5.74) is 0.148. The van der Waals surface area contributed by atoms with Gasteiger partial charge in [0.05, 0.1) is 28.3 Å². The van der Waals surface area contributed by atoms with E-state index in [1.54, 1.807) is 18.2 Å². The van der Waals surface area contributed by atoms with Gasteiger partial charge in [-0.15, -0.1) is 0 Å². The average molecular weight is 425 g/mol. The highest BCUT2D eigenvalue weighted by Crippen LogP contribution is 2.28. The Morgan fingerprint density at radius 3 is 2.32 bits per heavy atom. The van der Waals surface area contributed by atoms with Crippen LogP contribution in [0.25, 0.3) is 0 Å². The standard InChI is InChI=1S/C20H25ClN2O4S/c1-6-20(2,3)22-19(24)17-13-14(7-12-18(17)21)23(4)28(25,26)16-10-8-15(27-5)9-11-16/h7-13H,6H2,1-5H3,(H,22,24). The van der Waals surface area contributed by atoms with Crippen LogP contribution in [0.5, 0.6) is 5.75 Å². The quantitative estimate of drug-likeness (QED) is 0.726. The first kappa shape index (κ1) is 22.0. The summed E-state index contributed by atoms with van der Waals surface area (Å²) in [6.45, 7) is 5.78. The Morgan fingerprint density at radius 1 is 1.18 bits per heavy atom. The van der Waals surface area contributed by atoms with Crippen LogP contribution in [-0.4, -0.2) is 34.0 Å². The largest absolute Gasteiger partial charge is 0.497 e. The third kappa shape index (κ3) is 4.77. The highest BCUT2D eigenvalue weighted by Gasteiger charge is 2.25. The van der Waals surface area contributed by atoms with E-state index in [2.05, 4.69) is 5.32 Å². The van der Waals surface area contributed by atoms with Gasteiger partial charge in [-0.2, -0.15) is 0 Å². The number of carbonyl (C=O) groups excluding carboxylic acids is 1. The second-order valence-electron chi connectivity index (χ2n) is 7.00. The van der Waals surface area contributed by atoms with Crippen LogP contribution < -0.4 is 14.4 Å². The summed E-state index contributed by atoms with van der Waals surface area (Å²) >= 11 is 6.19. The molecule has 0 aromatic heterocycles. The fourth-order valence-corrected chi connectivity index (χ4v) is 3.78. The number of sulfonamides is 1. The van der Waals surface area contributed by atoms with E-state index in [0.29, 0.717) is 11.4 Å². The first-order valence-corrected chi connectivity index (χ1v) is 10.6. The second kappa shape index (κ2) is 8.41. The number of halogens is 1. The molecule has 2 aromatic rings. The topological polar surface area (TPSA) is 75.7 Å². The van der Waals surface area contributed by atoms with Crippen molar-refractivity contribution >= 4 is 33.2 Å². The maximum atomic E-state index is 12.9. The summed E-state index contributed by atoms with van der Waals surface area (Å²) in [4.78, 5) is 12.7. The molecule has 2 rings (SSSR count). The molecule has 1 amide bonds. The molecule has 0 fully saturated rings. The van der Waals surface area contributed by atoms with Crippen LogP contribution in [0.15, 0.2) is 47.4 Å². The number of methoxy groups -OCH3 is 1. The van der Waals surface area contributed by atoms with Gasteiger partial charge in [0.15, 0.2) is 0 Å². The zero-order chi connectivity index (χ0) is 21.1. The van der Waals surface area contributed by atoms with Crippen LogP contribution in [0.1, 0.15) is 37.6 Å². The van der Waals surface area contributed by atoms with Crippen molar-refractivity contribution < 1.29 is 17.9 Å². The molecule has 28 heavy (non-hydrogen) atoms. The predicted octanol–water partition coefficient (Wildman–Crippen LogP) is 4.09. The van der Waals surface area contributed by atoms with E-state index in [9.17, 15) is 13.2 Å². The number of hydrogen-bond acceptors (Lipinski definition) is 4. The van der Waals surface area contributed by atoms with Gasteiger partial charge >= 0.3 is 0 Å². The Labute approximate surface area is 171 Å². The van der Waals surface area contributed by atoms with Crippen LogP contribution in [0, 0.1) is 0 Å². The smallest absolute Gasteiger partial charge is 0.264 e. The summed E-state index contributed by atoms with van der Waals surface area (Å²) in [7, 11) is -0.868. The average Bonchev–Trinajstić information content (AvgIpc) is 2.67. The van der Waals surface area contributed by atoms with Crippen LogP contribution in [0.4, 0.5) is 5.69 Å². The van der Waals surface area contributed by atoms with Crippen LogP contribution in [-0.2, 0) is 10.0 Å². The van der Waals surface area contributed by atoms with Crippen molar-refractivity contribution in [2.24, 2.45) is 0 Å². The monoisotopic (exact) mass is 424 g/mol. The molecule has 0 aliphatic heterocycles. The molecular formula is C20H25ClN2O4S. The van der Waals surface area contributed by atoms with Crippen molar-refractivity contribution in [3.63, 3.8) is 0 Å². The fourth-order valence-electron chi connectivity index (χ4n) is 2.39. The van der Waals surface area contributed by atoms with Gasteiger partial charge in [0.25, 0.3) is 15.9 Å². The maximum Gasteiger partial charge on any atom is 0.264 e. The number of rotatable bonds is 7. The number of nitrogens with one attached hydrogen (secondary N) is 1. The van der Waals surface area contributed by atoms with Crippen molar-refractivity contribution in [1.82, 2.24) is 5.32 Å². The summed E-state index contributed by atoms with van der Waals surface area (Å²) in [6.07, 6.45) is 0.738. The zero-order valence-corrected chi connectivity index (χ0v) is 18.2. The summed E-state index contributed by atoms with van der Waals surface area (Å²) in [6, 6.07) is 10.7. The lowest BCUT2D eigenvalue weighted by molar-refractivity contribution is 0.0911. The molecular weight excluding hydrogens is 400 g/mol. The number of anilines is 1. The first-order chi connectivity index (χ1) is 13.0. The third-order valence-electron chi connectivity index (χ3n) is 4.61. The van der Waals surface area contributed by atoms with Gasteiger partial charge in [0.2, 0.25) is 0 Å². The number of amides is 1. The molecule has 0 radical (unpaired) electrons. The molecule has 0 atom stereocenters. The van der Waals surface area contributed by atoms with Gasteiger partial charge in [0.1, 0.15) is 5.75 Å². The van der Waals surface area contributed by atoms with Gasteiger partial charge in [-0.25, -0.2) is 8.42 Å². The van der Waals surface area contributed by atoms with Gasteiger partial charge in [-0.3, -0.25) is 9.10 Å². The molecule has 0 spiro atoms. The number of nitrogens with zero attached hydrogens (tertiary/aromatic N) is 1. The van der Waals surface area contributed by atoms with Crippen LogP contribution in [0.2, 0.25) is 5.02 Å². The minimum Gasteiger partial charge on any atom is -0.497 e. The zero-order valence-electron chi connectivity index (χ0n) is 16.6. The van der Waals surface area contributed by atoms with Crippen molar-refractivity contribution in [1.29, 1.82) is 0 Å². The van der Waals surface area contributed by atoms with Gasteiger partial charge in [-0.1, -0.05) is 18.5 Å². The van der Waals surface area contributed by atoms with E-state index < -0.39 is 15.6 Å². The van der Waals surface area contributed by atoms with Crippen LogP contribution in [0.3, 0.4) is 0 Å². The van der Waals surface area contributed by atoms with Crippen LogP contribution >= 0.6 is 11.6 Å². The van der Waals surface area contributed by atoms with Gasteiger partial charge in [0, 0.05) is 12.6 Å². The molecule has 0 saturated heterocycles. The summed E-state index contributed by atoms with van der Waals surface area (Å²) < 4.78 is 32.0. The van der Waals surface area contributed by atoms with Crippen molar-refractivity contribution in [2.45, 2.75) is 37.6 Å². The Kier molecular flexibility index (Phi) is 6.62. The normalized spacial score (nSPS) is 11.8. The molecule has 1 N–H and O–H groups in total. The molecule has 2 aromatic carbocycles. The Morgan fingerprint density at radius 2 is 1.79 bits per heavy atom. The van der Waals surface area contributed by atoms with E-state index in [1.807, 2.05) is 20.8 Å². The number of benzene rings is 2. The highest BCUT2D eigenvalue weighted by molar-refractivity contribution is 7.92. The number of carbonyl (C=O) groups is 1. The van der Waals surface area contributed by atoms with E-state index in [4.69, 9.17) is 16.3 Å². The Bertz CT molecular complexity index is 957. The molecule has 0 heterocycles. The summed E-state index contributed by atoms with van der Waals surface area (Å²) in [5.74, 6) is 0.208. The van der Waals surface area contributed by atoms with E-state index in [-0.39, 0.29) is 21.4 Å². The first-order valence-electron chi connectivity index (χ1n) is 8.77.